The Morgan fingerprint density at radius 2 is 2.12 bits per heavy atom. The van der Waals surface area contributed by atoms with Crippen LogP contribution in [0, 0.1) is 0 Å². The van der Waals surface area contributed by atoms with Crippen molar-refractivity contribution < 1.29 is 8.42 Å². The van der Waals surface area contributed by atoms with Crippen LogP contribution in [-0.2, 0) is 16.6 Å². The van der Waals surface area contributed by atoms with Gasteiger partial charge in [0, 0.05) is 26.7 Å². The summed E-state index contributed by atoms with van der Waals surface area (Å²) in [5.41, 5.74) is 6.60. The lowest BCUT2D eigenvalue weighted by Gasteiger charge is -2.23. The van der Waals surface area contributed by atoms with E-state index in [2.05, 4.69) is 22.1 Å². The molecule has 0 saturated carbocycles. The van der Waals surface area contributed by atoms with Crippen LogP contribution in [0.1, 0.15) is 25.3 Å². The molecule has 0 spiro atoms. The zero-order chi connectivity index (χ0) is 18.4. The number of hydrogen-bond donors (Lipinski definition) is 2. The van der Waals surface area contributed by atoms with Gasteiger partial charge in [0.25, 0.3) is 0 Å². The number of rotatable bonds is 7. The number of nitrogens with zero attached hydrogens (tertiary/aromatic N) is 3. The first-order chi connectivity index (χ1) is 11.9. The third kappa shape index (κ3) is 4.93. The van der Waals surface area contributed by atoms with Crippen LogP contribution in [0.5, 0.6) is 0 Å². The quantitative estimate of drug-likeness (QED) is 0.550. The molecule has 1 unspecified atom stereocenters. The van der Waals surface area contributed by atoms with Gasteiger partial charge < -0.3 is 11.1 Å². The van der Waals surface area contributed by atoms with E-state index in [0.29, 0.717) is 17.6 Å². The summed E-state index contributed by atoms with van der Waals surface area (Å²) in [6.07, 6.45) is 2.38. The van der Waals surface area contributed by atoms with Gasteiger partial charge in [-0.3, -0.25) is 4.90 Å². The summed E-state index contributed by atoms with van der Waals surface area (Å²) in [6, 6.07) is 7.37. The lowest BCUT2D eigenvalue weighted by atomic mass is 10.2. The SMILES string of the molecule is CCN1CCCC1CNC(N)=NCc1ccccc1S(=O)(=O)N(C)C. The minimum Gasteiger partial charge on any atom is -0.370 e. The van der Waals surface area contributed by atoms with E-state index in [0.717, 1.165) is 26.1 Å². The van der Waals surface area contributed by atoms with Gasteiger partial charge in [-0.05, 0) is 37.6 Å². The molecule has 0 bridgehead atoms. The summed E-state index contributed by atoms with van der Waals surface area (Å²) >= 11 is 0. The van der Waals surface area contributed by atoms with E-state index in [1.807, 2.05) is 0 Å². The molecule has 0 aliphatic carbocycles. The van der Waals surface area contributed by atoms with Crippen molar-refractivity contribution in [1.29, 1.82) is 0 Å². The Hall–Kier alpha value is -1.64. The maximum Gasteiger partial charge on any atom is 0.242 e. The first-order valence-electron chi connectivity index (χ1n) is 8.64. The summed E-state index contributed by atoms with van der Waals surface area (Å²) in [5.74, 6) is 0.347. The molecule has 0 amide bonds. The van der Waals surface area contributed by atoms with E-state index in [9.17, 15) is 8.42 Å². The molecule has 140 valence electrons. The fourth-order valence-electron chi connectivity index (χ4n) is 3.07. The van der Waals surface area contributed by atoms with Gasteiger partial charge in [-0.2, -0.15) is 0 Å². The van der Waals surface area contributed by atoms with Crippen molar-refractivity contribution >= 4 is 16.0 Å². The van der Waals surface area contributed by atoms with Gasteiger partial charge in [-0.25, -0.2) is 17.7 Å². The number of nitrogens with one attached hydrogen (secondary N) is 1. The molecule has 25 heavy (non-hydrogen) atoms. The topological polar surface area (TPSA) is 91.0 Å². The highest BCUT2D eigenvalue weighted by molar-refractivity contribution is 7.89. The second-order valence-corrected chi connectivity index (χ2v) is 8.52. The van der Waals surface area contributed by atoms with Crippen molar-refractivity contribution in [2.45, 2.75) is 37.2 Å². The van der Waals surface area contributed by atoms with Gasteiger partial charge in [0.1, 0.15) is 0 Å². The van der Waals surface area contributed by atoms with Crippen molar-refractivity contribution in [3.8, 4) is 0 Å². The Labute approximate surface area is 151 Å². The molecule has 0 aromatic heterocycles. The molecule has 1 heterocycles. The number of nitrogens with two attached hydrogens (primary N) is 1. The molecule has 1 fully saturated rings. The van der Waals surface area contributed by atoms with Crippen LogP contribution in [0.25, 0.3) is 0 Å². The number of likely N-dealkylation sites (tertiary alicyclic amines) is 1. The van der Waals surface area contributed by atoms with Gasteiger partial charge >= 0.3 is 0 Å². The average Bonchev–Trinajstić information content (AvgIpc) is 3.05. The highest BCUT2D eigenvalue weighted by Gasteiger charge is 2.23. The minimum atomic E-state index is -3.50. The first-order valence-corrected chi connectivity index (χ1v) is 10.1. The van der Waals surface area contributed by atoms with Crippen LogP contribution in [0.3, 0.4) is 0 Å². The lowest BCUT2D eigenvalue weighted by Crippen LogP contribution is -2.42. The van der Waals surface area contributed by atoms with E-state index in [-0.39, 0.29) is 11.4 Å². The largest absolute Gasteiger partial charge is 0.370 e. The fraction of sp³-hybridized carbons (Fsp3) is 0.588. The number of sulfonamides is 1. The van der Waals surface area contributed by atoms with Gasteiger partial charge in [-0.1, -0.05) is 25.1 Å². The van der Waals surface area contributed by atoms with E-state index >= 15 is 0 Å². The van der Waals surface area contributed by atoms with E-state index in [1.54, 1.807) is 24.3 Å². The third-order valence-electron chi connectivity index (χ3n) is 4.58. The molecule has 1 aromatic carbocycles. The van der Waals surface area contributed by atoms with Crippen molar-refractivity contribution in [1.82, 2.24) is 14.5 Å². The zero-order valence-corrected chi connectivity index (χ0v) is 16.1. The number of hydrogen-bond acceptors (Lipinski definition) is 4. The van der Waals surface area contributed by atoms with Crippen LogP contribution < -0.4 is 11.1 Å². The molecule has 1 aliphatic rings. The van der Waals surface area contributed by atoms with Crippen LogP contribution >= 0.6 is 0 Å². The summed E-state index contributed by atoms with van der Waals surface area (Å²) in [7, 11) is -0.455. The Morgan fingerprint density at radius 3 is 2.80 bits per heavy atom. The molecule has 1 saturated heterocycles. The third-order valence-corrected chi connectivity index (χ3v) is 6.49. The number of benzene rings is 1. The Bertz CT molecular complexity index is 703. The number of guanidine groups is 1. The van der Waals surface area contributed by atoms with E-state index in [1.165, 1.54) is 24.8 Å². The molecule has 0 radical (unpaired) electrons. The predicted octanol–water partition coefficient (Wildman–Crippen LogP) is 0.826. The summed E-state index contributed by atoms with van der Waals surface area (Å²) in [5, 5.41) is 3.17. The summed E-state index contributed by atoms with van der Waals surface area (Å²) in [4.78, 5) is 7.02. The number of likely N-dealkylation sites (N-methyl/N-ethyl adjacent to an activating group) is 1. The highest BCUT2D eigenvalue weighted by atomic mass is 32.2. The van der Waals surface area contributed by atoms with Gasteiger partial charge in [0.15, 0.2) is 5.96 Å². The Kier molecular flexibility index (Phi) is 6.80. The second-order valence-electron chi connectivity index (χ2n) is 6.40. The Morgan fingerprint density at radius 1 is 1.40 bits per heavy atom. The maximum atomic E-state index is 12.4. The second kappa shape index (κ2) is 8.64. The fourth-order valence-corrected chi connectivity index (χ4v) is 4.18. The first kappa shape index (κ1) is 19.7. The molecule has 7 nitrogen and oxygen atoms in total. The average molecular weight is 368 g/mol. The van der Waals surface area contributed by atoms with Crippen molar-refractivity contribution in [3.05, 3.63) is 29.8 Å². The lowest BCUT2D eigenvalue weighted by molar-refractivity contribution is 0.267. The van der Waals surface area contributed by atoms with Crippen LogP contribution in [-0.4, -0.2) is 63.4 Å². The van der Waals surface area contributed by atoms with Crippen molar-refractivity contribution in [3.63, 3.8) is 0 Å². The van der Waals surface area contributed by atoms with E-state index in [4.69, 9.17) is 5.73 Å². The molecule has 8 heteroatoms. The molecular weight excluding hydrogens is 338 g/mol. The standard InChI is InChI=1S/C17H29N5O2S/c1-4-22-11-7-9-15(22)13-20-17(18)19-12-14-8-5-6-10-16(14)25(23,24)21(2)3/h5-6,8,10,15H,4,7,9,11-13H2,1-3H3,(H3,18,19,20). The molecule has 1 atom stereocenters. The van der Waals surface area contributed by atoms with Crippen molar-refractivity contribution in [2.75, 3.05) is 33.7 Å². The normalized spacial score (nSPS) is 19.5. The summed E-state index contributed by atoms with van der Waals surface area (Å²) in [6.45, 7) is 5.33. The maximum absolute atomic E-state index is 12.4. The minimum absolute atomic E-state index is 0.226. The highest BCUT2D eigenvalue weighted by Crippen LogP contribution is 2.19. The van der Waals surface area contributed by atoms with Gasteiger partial charge in [0.05, 0.1) is 11.4 Å². The Balaban J connectivity index is 2.02. The van der Waals surface area contributed by atoms with Crippen LogP contribution in [0.2, 0.25) is 0 Å². The van der Waals surface area contributed by atoms with Gasteiger partial charge in [-0.15, -0.1) is 0 Å². The van der Waals surface area contributed by atoms with Crippen LogP contribution in [0.4, 0.5) is 0 Å². The summed E-state index contributed by atoms with van der Waals surface area (Å²) < 4.78 is 26.0. The van der Waals surface area contributed by atoms with Gasteiger partial charge in [0.2, 0.25) is 10.0 Å². The molecule has 1 aromatic rings. The molecule has 3 N–H and O–H groups in total. The smallest absolute Gasteiger partial charge is 0.242 e. The molecular formula is C17H29N5O2S. The van der Waals surface area contributed by atoms with E-state index < -0.39 is 10.0 Å². The predicted molar refractivity (Wildman–Crippen MR) is 101 cm³/mol. The molecule has 1 aliphatic heterocycles. The zero-order valence-electron chi connectivity index (χ0n) is 15.3. The monoisotopic (exact) mass is 367 g/mol. The van der Waals surface area contributed by atoms with Crippen LogP contribution in [0.15, 0.2) is 34.2 Å². The number of aliphatic imine (C=N–C) groups is 1. The van der Waals surface area contributed by atoms with Crippen molar-refractivity contribution in [2.24, 2.45) is 10.7 Å². The molecule has 2 rings (SSSR count).